The molecule has 0 aromatic heterocycles. The Labute approximate surface area is 179 Å². The molecule has 160 valence electrons. The third-order valence-electron chi connectivity index (χ3n) is 5.82. The molecule has 5 nitrogen and oxygen atoms in total. The van der Waals surface area contributed by atoms with E-state index in [1.807, 2.05) is 30.3 Å². The SMILES string of the molecule is CCC(C)c1ccc(OCC(=O)Nc2ccccc2C(=O)NC2CCCCC2)cc1. The number of carbonyl (C=O) groups excluding carboxylic acids is 2. The first-order valence-electron chi connectivity index (χ1n) is 11.0. The van der Waals surface area contributed by atoms with Crippen LogP contribution in [0.1, 0.15) is 74.2 Å². The summed E-state index contributed by atoms with van der Waals surface area (Å²) in [5, 5.41) is 5.92. The average Bonchev–Trinajstić information content (AvgIpc) is 2.78. The first kappa shape index (κ1) is 21.9. The van der Waals surface area contributed by atoms with Gasteiger partial charge in [-0.1, -0.05) is 57.4 Å². The highest BCUT2D eigenvalue weighted by molar-refractivity contribution is 6.04. The first-order valence-corrected chi connectivity index (χ1v) is 11.0. The van der Waals surface area contributed by atoms with E-state index < -0.39 is 0 Å². The van der Waals surface area contributed by atoms with Crippen LogP contribution in [0.4, 0.5) is 5.69 Å². The minimum Gasteiger partial charge on any atom is -0.484 e. The molecule has 0 heterocycles. The monoisotopic (exact) mass is 408 g/mol. The van der Waals surface area contributed by atoms with E-state index in [9.17, 15) is 9.59 Å². The summed E-state index contributed by atoms with van der Waals surface area (Å²) in [6, 6.07) is 15.2. The van der Waals surface area contributed by atoms with Crippen molar-refractivity contribution in [2.24, 2.45) is 0 Å². The fourth-order valence-corrected chi connectivity index (χ4v) is 3.76. The second-order valence-electron chi connectivity index (χ2n) is 8.07. The lowest BCUT2D eigenvalue weighted by Crippen LogP contribution is -2.36. The van der Waals surface area contributed by atoms with E-state index in [-0.39, 0.29) is 24.5 Å². The van der Waals surface area contributed by atoms with E-state index >= 15 is 0 Å². The maximum Gasteiger partial charge on any atom is 0.262 e. The van der Waals surface area contributed by atoms with E-state index in [1.165, 1.54) is 12.0 Å². The smallest absolute Gasteiger partial charge is 0.262 e. The first-order chi connectivity index (χ1) is 14.6. The molecule has 0 bridgehead atoms. The molecule has 3 rings (SSSR count). The van der Waals surface area contributed by atoms with Crippen molar-refractivity contribution >= 4 is 17.5 Å². The quantitative estimate of drug-likeness (QED) is 0.624. The molecule has 2 N–H and O–H groups in total. The Hall–Kier alpha value is -2.82. The number of ether oxygens (including phenoxy) is 1. The van der Waals surface area contributed by atoms with Gasteiger partial charge >= 0.3 is 0 Å². The standard InChI is InChI=1S/C25H32N2O3/c1-3-18(2)19-13-15-21(16-14-19)30-17-24(28)27-23-12-8-7-11-22(23)25(29)26-20-9-5-4-6-10-20/h7-8,11-16,18,20H,3-6,9-10,17H2,1-2H3,(H,26,29)(H,27,28). The van der Waals surface area contributed by atoms with Gasteiger partial charge < -0.3 is 15.4 Å². The van der Waals surface area contributed by atoms with Crippen molar-refractivity contribution < 1.29 is 14.3 Å². The van der Waals surface area contributed by atoms with Crippen LogP contribution in [0.25, 0.3) is 0 Å². The molecular weight excluding hydrogens is 376 g/mol. The number of hydrogen-bond acceptors (Lipinski definition) is 3. The van der Waals surface area contributed by atoms with Crippen molar-refractivity contribution in [2.45, 2.75) is 64.3 Å². The van der Waals surface area contributed by atoms with Gasteiger partial charge in [0, 0.05) is 6.04 Å². The van der Waals surface area contributed by atoms with Crippen molar-refractivity contribution in [2.75, 3.05) is 11.9 Å². The summed E-state index contributed by atoms with van der Waals surface area (Å²) >= 11 is 0. The lowest BCUT2D eigenvalue weighted by molar-refractivity contribution is -0.118. The van der Waals surface area contributed by atoms with Gasteiger partial charge in [-0.3, -0.25) is 9.59 Å². The Morgan fingerprint density at radius 2 is 1.73 bits per heavy atom. The second-order valence-corrected chi connectivity index (χ2v) is 8.07. The molecule has 30 heavy (non-hydrogen) atoms. The van der Waals surface area contributed by atoms with Gasteiger partial charge in [0.25, 0.3) is 11.8 Å². The number of amides is 2. The van der Waals surface area contributed by atoms with Crippen LogP contribution in [0.2, 0.25) is 0 Å². The predicted molar refractivity (Wildman–Crippen MR) is 120 cm³/mol. The van der Waals surface area contributed by atoms with Crippen molar-refractivity contribution in [1.82, 2.24) is 5.32 Å². The summed E-state index contributed by atoms with van der Waals surface area (Å²) in [7, 11) is 0. The Balaban J connectivity index is 1.55. The topological polar surface area (TPSA) is 67.4 Å². The molecule has 0 saturated heterocycles. The van der Waals surface area contributed by atoms with Crippen LogP contribution in [0.15, 0.2) is 48.5 Å². The van der Waals surface area contributed by atoms with E-state index in [0.717, 1.165) is 32.1 Å². The molecule has 1 atom stereocenters. The molecule has 1 saturated carbocycles. The van der Waals surface area contributed by atoms with Crippen LogP contribution in [0.3, 0.4) is 0 Å². The molecule has 2 amide bonds. The zero-order chi connectivity index (χ0) is 21.3. The zero-order valence-electron chi connectivity index (χ0n) is 17.9. The van der Waals surface area contributed by atoms with E-state index in [4.69, 9.17) is 4.74 Å². The van der Waals surface area contributed by atoms with Crippen molar-refractivity contribution in [1.29, 1.82) is 0 Å². The number of rotatable bonds is 8. The summed E-state index contributed by atoms with van der Waals surface area (Å²) in [6.45, 7) is 4.24. The van der Waals surface area contributed by atoms with Gasteiger partial charge in [0.2, 0.25) is 0 Å². The van der Waals surface area contributed by atoms with Crippen molar-refractivity contribution in [3.05, 3.63) is 59.7 Å². The lowest BCUT2D eigenvalue weighted by atomic mass is 9.95. The zero-order valence-corrected chi connectivity index (χ0v) is 17.9. The molecule has 1 fully saturated rings. The van der Waals surface area contributed by atoms with Crippen LogP contribution >= 0.6 is 0 Å². The second kappa shape index (κ2) is 10.8. The van der Waals surface area contributed by atoms with Gasteiger partial charge in [-0.2, -0.15) is 0 Å². The molecule has 0 spiro atoms. The fraction of sp³-hybridized carbons (Fsp3) is 0.440. The minimum atomic E-state index is -0.293. The fourth-order valence-electron chi connectivity index (χ4n) is 3.76. The molecule has 2 aromatic rings. The van der Waals surface area contributed by atoms with Gasteiger partial charge in [0.05, 0.1) is 11.3 Å². The molecule has 1 unspecified atom stereocenters. The minimum absolute atomic E-state index is 0.110. The number of anilines is 1. The Morgan fingerprint density at radius 3 is 2.43 bits per heavy atom. The molecule has 0 radical (unpaired) electrons. The van der Waals surface area contributed by atoms with Crippen LogP contribution < -0.4 is 15.4 Å². The highest BCUT2D eigenvalue weighted by Gasteiger charge is 2.19. The van der Waals surface area contributed by atoms with Crippen LogP contribution in [-0.4, -0.2) is 24.5 Å². The van der Waals surface area contributed by atoms with Crippen LogP contribution in [-0.2, 0) is 4.79 Å². The third kappa shape index (κ3) is 6.09. The molecule has 2 aromatic carbocycles. The highest BCUT2D eigenvalue weighted by atomic mass is 16.5. The average molecular weight is 409 g/mol. The third-order valence-corrected chi connectivity index (χ3v) is 5.82. The summed E-state index contributed by atoms with van der Waals surface area (Å²) in [5.74, 6) is 0.720. The Bertz CT molecular complexity index is 842. The Morgan fingerprint density at radius 1 is 1.03 bits per heavy atom. The summed E-state index contributed by atoms with van der Waals surface area (Å²) in [5.41, 5.74) is 2.24. The number of carbonyl (C=O) groups is 2. The maximum atomic E-state index is 12.7. The van der Waals surface area contributed by atoms with E-state index in [2.05, 4.69) is 24.5 Å². The van der Waals surface area contributed by atoms with Crippen molar-refractivity contribution in [3.8, 4) is 5.75 Å². The van der Waals surface area contributed by atoms with Gasteiger partial charge in [-0.15, -0.1) is 0 Å². The van der Waals surface area contributed by atoms with Gasteiger partial charge in [0.15, 0.2) is 6.61 Å². The van der Waals surface area contributed by atoms with Crippen molar-refractivity contribution in [3.63, 3.8) is 0 Å². The summed E-state index contributed by atoms with van der Waals surface area (Å²) in [4.78, 5) is 25.1. The summed E-state index contributed by atoms with van der Waals surface area (Å²) < 4.78 is 5.62. The highest BCUT2D eigenvalue weighted by Crippen LogP contribution is 2.22. The number of para-hydroxylation sites is 1. The molecule has 1 aliphatic rings. The van der Waals surface area contributed by atoms with Gasteiger partial charge in [-0.05, 0) is 55.0 Å². The van der Waals surface area contributed by atoms with Gasteiger partial charge in [-0.25, -0.2) is 0 Å². The number of benzene rings is 2. The van der Waals surface area contributed by atoms with E-state index in [1.54, 1.807) is 18.2 Å². The predicted octanol–water partition coefficient (Wildman–Crippen LogP) is 5.28. The molecule has 0 aliphatic heterocycles. The van der Waals surface area contributed by atoms with Crippen LogP contribution in [0.5, 0.6) is 5.75 Å². The largest absolute Gasteiger partial charge is 0.484 e. The molecular formula is C25H32N2O3. The molecule has 5 heteroatoms. The van der Waals surface area contributed by atoms with Gasteiger partial charge in [0.1, 0.15) is 5.75 Å². The summed E-state index contributed by atoms with van der Waals surface area (Å²) in [6.07, 6.45) is 6.65. The lowest BCUT2D eigenvalue weighted by Gasteiger charge is -2.23. The molecule has 1 aliphatic carbocycles. The normalized spacial score (nSPS) is 15.3. The Kier molecular flexibility index (Phi) is 7.89. The van der Waals surface area contributed by atoms with Crippen LogP contribution in [0, 0.1) is 0 Å². The number of nitrogens with one attached hydrogen (secondary N) is 2. The van der Waals surface area contributed by atoms with E-state index in [0.29, 0.717) is 22.9 Å². The number of hydrogen-bond donors (Lipinski definition) is 2. The maximum absolute atomic E-state index is 12.7.